The molecule has 0 amide bonds. The summed E-state index contributed by atoms with van der Waals surface area (Å²) >= 11 is 0. The van der Waals surface area contributed by atoms with Gasteiger partial charge in [-0.05, 0) is 53.9 Å². The molecule has 0 fully saturated rings. The van der Waals surface area contributed by atoms with Crippen LogP contribution in [0.2, 0.25) is 0 Å². The first-order valence-electron chi connectivity index (χ1n) is 12.4. The van der Waals surface area contributed by atoms with Crippen molar-refractivity contribution in [2.75, 3.05) is 6.61 Å². The van der Waals surface area contributed by atoms with Crippen molar-refractivity contribution in [3.63, 3.8) is 0 Å². The number of carbonyl (C=O) groups is 1. The van der Waals surface area contributed by atoms with Gasteiger partial charge in [0.05, 0.1) is 5.92 Å². The van der Waals surface area contributed by atoms with Gasteiger partial charge >= 0.3 is 5.97 Å². The molecule has 0 aromatic heterocycles. The van der Waals surface area contributed by atoms with Crippen molar-refractivity contribution in [2.45, 2.75) is 19.4 Å². The van der Waals surface area contributed by atoms with Crippen molar-refractivity contribution in [3.05, 3.63) is 131 Å². The molecule has 0 aliphatic carbocycles. The molecule has 39 heavy (non-hydrogen) atoms. The minimum absolute atomic E-state index is 0.00290. The number of hydrogen-bond acceptors (Lipinski definition) is 7. The zero-order valence-corrected chi connectivity index (χ0v) is 21.3. The van der Waals surface area contributed by atoms with Gasteiger partial charge in [-0.25, -0.2) is 4.79 Å². The lowest BCUT2D eigenvalue weighted by Crippen LogP contribution is -2.21. The van der Waals surface area contributed by atoms with E-state index in [9.17, 15) is 10.1 Å². The number of nitrogens with two attached hydrogens (primary N) is 1. The zero-order valence-electron chi connectivity index (χ0n) is 21.3. The average Bonchev–Trinajstić information content (AvgIpc) is 2.95. The number of aryl methyl sites for hydroxylation is 1. The van der Waals surface area contributed by atoms with Crippen LogP contribution in [0, 0.1) is 18.3 Å². The molecule has 7 nitrogen and oxygen atoms in total. The van der Waals surface area contributed by atoms with E-state index in [2.05, 4.69) is 6.07 Å². The summed E-state index contributed by atoms with van der Waals surface area (Å²) in [4.78, 5) is 12.4. The molecule has 0 saturated carbocycles. The summed E-state index contributed by atoms with van der Waals surface area (Å²) in [6.45, 7) is 2.11. The molecule has 4 aromatic rings. The van der Waals surface area contributed by atoms with E-state index in [0.29, 0.717) is 29.4 Å². The molecule has 1 aliphatic rings. The van der Waals surface area contributed by atoms with E-state index in [0.717, 1.165) is 22.3 Å². The first kappa shape index (κ1) is 25.4. The van der Waals surface area contributed by atoms with Gasteiger partial charge in [-0.3, -0.25) is 0 Å². The molecular weight excluding hydrogens is 492 g/mol. The van der Waals surface area contributed by atoms with Crippen LogP contribution in [-0.4, -0.2) is 12.6 Å². The van der Waals surface area contributed by atoms with Gasteiger partial charge in [0.1, 0.15) is 41.2 Å². The molecule has 2 N–H and O–H groups in total. The van der Waals surface area contributed by atoms with E-state index in [1.165, 1.54) is 0 Å². The van der Waals surface area contributed by atoms with Crippen LogP contribution in [0.15, 0.2) is 109 Å². The lowest BCUT2D eigenvalue weighted by Gasteiger charge is -2.27. The van der Waals surface area contributed by atoms with Crippen molar-refractivity contribution in [2.24, 2.45) is 5.73 Å². The number of benzene rings is 4. The van der Waals surface area contributed by atoms with Gasteiger partial charge in [0.15, 0.2) is 6.61 Å². The Labute approximate surface area is 226 Å². The Morgan fingerprint density at radius 3 is 2.44 bits per heavy atom. The summed E-state index contributed by atoms with van der Waals surface area (Å²) in [5.41, 5.74) is 10.1. The number of hydrogen-bond donors (Lipinski definition) is 1. The van der Waals surface area contributed by atoms with Gasteiger partial charge in [-0.15, -0.1) is 0 Å². The number of nitriles is 1. The van der Waals surface area contributed by atoms with Crippen molar-refractivity contribution in [1.82, 2.24) is 0 Å². The number of esters is 1. The van der Waals surface area contributed by atoms with E-state index in [1.807, 2.05) is 79.7 Å². The Bertz CT molecular complexity index is 1570. The van der Waals surface area contributed by atoms with Crippen LogP contribution in [0.3, 0.4) is 0 Å². The molecule has 1 unspecified atom stereocenters. The maximum atomic E-state index is 12.4. The Morgan fingerprint density at radius 2 is 1.67 bits per heavy atom. The molecule has 1 atom stereocenters. The first-order chi connectivity index (χ1) is 19.0. The molecule has 5 rings (SSSR count). The number of allylic oxidation sites excluding steroid dienone is 1. The summed E-state index contributed by atoms with van der Waals surface area (Å²) < 4.78 is 22.8. The fraction of sp³-hybridized carbons (Fsp3) is 0.125. The molecule has 7 heteroatoms. The van der Waals surface area contributed by atoms with Gasteiger partial charge in [0.25, 0.3) is 0 Å². The van der Waals surface area contributed by atoms with E-state index >= 15 is 0 Å². The summed E-state index contributed by atoms with van der Waals surface area (Å²) in [5.74, 6) is 0.883. The Morgan fingerprint density at radius 1 is 0.897 bits per heavy atom. The highest BCUT2D eigenvalue weighted by Crippen LogP contribution is 2.44. The van der Waals surface area contributed by atoms with Gasteiger partial charge in [0, 0.05) is 11.6 Å². The predicted molar refractivity (Wildman–Crippen MR) is 145 cm³/mol. The van der Waals surface area contributed by atoms with Crippen molar-refractivity contribution in [3.8, 4) is 29.1 Å². The zero-order chi connectivity index (χ0) is 27.2. The van der Waals surface area contributed by atoms with Crippen molar-refractivity contribution >= 4 is 5.97 Å². The molecule has 194 valence electrons. The van der Waals surface area contributed by atoms with Crippen LogP contribution in [0.25, 0.3) is 0 Å². The third-order valence-corrected chi connectivity index (χ3v) is 6.21. The lowest BCUT2D eigenvalue weighted by atomic mass is 9.83. The monoisotopic (exact) mass is 518 g/mol. The highest BCUT2D eigenvalue weighted by molar-refractivity contribution is 5.74. The third-order valence-electron chi connectivity index (χ3n) is 6.21. The van der Waals surface area contributed by atoms with E-state index < -0.39 is 11.9 Å². The molecule has 0 spiro atoms. The summed E-state index contributed by atoms with van der Waals surface area (Å²) in [5, 5.41) is 9.90. The number of rotatable bonds is 8. The van der Waals surface area contributed by atoms with Crippen LogP contribution in [0.5, 0.6) is 23.0 Å². The topological polar surface area (TPSA) is 104 Å². The summed E-state index contributed by atoms with van der Waals surface area (Å²) in [7, 11) is 0. The van der Waals surface area contributed by atoms with E-state index in [1.54, 1.807) is 24.3 Å². The summed E-state index contributed by atoms with van der Waals surface area (Å²) in [6, 6.07) is 32.0. The number of carbonyl (C=O) groups excluding carboxylic acids is 1. The highest BCUT2D eigenvalue weighted by Gasteiger charge is 2.31. The first-order valence-corrected chi connectivity index (χ1v) is 12.4. The van der Waals surface area contributed by atoms with E-state index in [4.69, 9.17) is 24.7 Å². The standard InChI is InChI=1S/C32H26N2O5/c1-21-7-5-11-24(15-21)37-20-30(35)38-26-13-14-27-29(17-26)39-32(34)28(18-33)31(27)23-10-6-12-25(16-23)36-19-22-8-3-2-4-9-22/h2-17,31H,19-20,34H2,1H3. The fourth-order valence-electron chi connectivity index (χ4n) is 4.38. The Hall–Kier alpha value is -5.22. The minimum Gasteiger partial charge on any atom is -0.489 e. The molecular formula is C32H26N2O5. The third kappa shape index (κ3) is 6.03. The van der Waals surface area contributed by atoms with Crippen LogP contribution in [-0.2, 0) is 11.4 Å². The SMILES string of the molecule is Cc1cccc(OCC(=O)Oc2ccc3c(c2)OC(N)=C(C#N)C3c2cccc(OCc3ccccc3)c2)c1. The normalized spacial score (nSPS) is 14.0. The molecule has 1 heterocycles. The van der Waals surface area contributed by atoms with Crippen LogP contribution >= 0.6 is 0 Å². The number of ether oxygens (including phenoxy) is 4. The number of fused-ring (bicyclic) bond motifs is 1. The highest BCUT2D eigenvalue weighted by atomic mass is 16.6. The second-order valence-corrected chi connectivity index (χ2v) is 9.05. The largest absolute Gasteiger partial charge is 0.489 e. The molecule has 0 saturated heterocycles. The van der Waals surface area contributed by atoms with Crippen LogP contribution < -0.4 is 24.7 Å². The molecule has 0 radical (unpaired) electrons. The second kappa shape index (κ2) is 11.4. The second-order valence-electron chi connectivity index (χ2n) is 9.05. The van der Waals surface area contributed by atoms with Gasteiger partial charge in [-0.1, -0.05) is 60.7 Å². The minimum atomic E-state index is -0.562. The molecule has 1 aliphatic heterocycles. The Balaban J connectivity index is 1.34. The Kier molecular flexibility index (Phi) is 7.46. The molecule has 0 bridgehead atoms. The van der Waals surface area contributed by atoms with Crippen molar-refractivity contribution < 1.29 is 23.7 Å². The maximum Gasteiger partial charge on any atom is 0.349 e. The predicted octanol–water partition coefficient (Wildman–Crippen LogP) is 5.78. The van der Waals surface area contributed by atoms with Gasteiger partial charge in [0.2, 0.25) is 5.88 Å². The maximum absolute atomic E-state index is 12.4. The molecule has 4 aromatic carbocycles. The fourth-order valence-corrected chi connectivity index (χ4v) is 4.38. The van der Waals surface area contributed by atoms with E-state index in [-0.39, 0.29) is 18.2 Å². The van der Waals surface area contributed by atoms with Gasteiger partial charge in [-0.2, -0.15) is 5.26 Å². The smallest absolute Gasteiger partial charge is 0.349 e. The van der Waals surface area contributed by atoms with Crippen LogP contribution in [0.1, 0.15) is 28.2 Å². The number of nitrogens with zero attached hydrogens (tertiary/aromatic N) is 1. The van der Waals surface area contributed by atoms with Gasteiger partial charge < -0.3 is 24.7 Å². The van der Waals surface area contributed by atoms with Crippen LogP contribution in [0.4, 0.5) is 0 Å². The average molecular weight is 519 g/mol. The lowest BCUT2D eigenvalue weighted by molar-refractivity contribution is -0.136. The quantitative estimate of drug-likeness (QED) is 0.233. The van der Waals surface area contributed by atoms with Crippen molar-refractivity contribution in [1.29, 1.82) is 5.26 Å². The summed E-state index contributed by atoms with van der Waals surface area (Å²) in [6.07, 6.45) is 0.